The summed E-state index contributed by atoms with van der Waals surface area (Å²) in [5, 5.41) is 10.5. The van der Waals surface area contributed by atoms with E-state index in [0.717, 1.165) is 5.56 Å². The second kappa shape index (κ2) is 3.16. The number of halogens is 1. The SMILES string of the molecule is O=C1c2ccc([N+](=O)[O-])cc2CC1Br. The molecule has 1 aliphatic rings. The maximum Gasteiger partial charge on any atom is 0.269 e. The van der Waals surface area contributed by atoms with E-state index in [0.29, 0.717) is 12.0 Å². The predicted octanol–water partition coefficient (Wildman–Crippen LogP) is 2.10. The Hall–Kier alpha value is -1.23. The number of alkyl halides is 1. The van der Waals surface area contributed by atoms with Crippen LogP contribution < -0.4 is 0 Å². The normalized spacial score (nSPS) is 19.5. The van der Waals surface area contributed by atoms with Crippen LogP contribution in [0, 0.1) is 10.1 Å². The fourth-order valence-electron chi connectivity index (χ4n) is 1.56. The van der Waals surface area contributed by atoms with Crippen molar-refractivity contribution in [3.63, 3.8) is 0 Å². The number of carbonyl (C=O) groups is 1. The number of hydrogen-bond acceptors (Lipinski definition) is 3. The van der Waals surface area contributed by atoms with Crippen LogP contribution in [-0.4, -0.2) is 15.5 Å². The topological polar surface area (TPSA) is 60.2 Å². The molecule has 0 aliphatic heterocycles. The third kappa shape index (κ3) is 1.33. The quantitative estimate of drug-likeness (QED) is 0.439. The van der Waals surface area contributed by atoms with Crippen molar-refractivity contribution in [3.05, 3.63) is 39.4 Å². The summed E-state index contributed by atoms with van der Waals surface area (Å²) in [6.07, 6.45) is 0.538. The molecule has 0 spiro atoms. The number of benzene rings is 1. The van der Waals surface area contributed by atoms with Crippen LogP contribution in [0.3, 0.4) is 0 Å². The lowest BCUT2D eigenvalue weighted by Crippen LogP contribution is -2.05. The molecule has 1 aromatic carbocycles. The van der Waals surface area contributed by atoms with Crippen LogP contribution in [0.1, 0.15) is 15.9 Å². The highest BCUT2D eigenvalue weighted by Crippen LogP contribution is 2.29. The molecule has 1 atom stereocenters. The Kier molecular flexibility index (Phi) is 2.11. The smallest absolute Gasteiger partial charge is 0.269 e. The van der Waals surface area contributed by atoms with E-state index in [-0.39, 0.29) is 16.3 Å². The maximum absolute atomic E-state index is 11.5. The molecular formula is C9H6BrNO3. The Morgan fingerprint density at radius 1 is 1.50 bits per heavy atom. The Morgan fingerprint density at radius 2 is 2.21 bits per heavy atom. The van der Waals surface area contributed by atoms with Crippen molar-refractivity contribution in [1.82, 2.24) is 0 Å². The summed E-state index contributed by atoms with van der Waals surface area (Å²) in [7, 11) is 0. The molecule has 14 heavy (non-hydrogen) atoms. The highest BCUT2D eigenvalue weighted by molar-refractivity contribution is 9.10. The third-order valence-corrected chi connectivity index (χ3v) is 2.99. The van der Waals surface area contributed by atoms with Gasteiger partial charge in [0.25, 0.3) is 5.69 Å². The Morgan fingerprint density at radius 3 is 2.86 bits per heavy atom. The Balaban J connectivity index is 2.49. The summed E-state index contributed by atoms with van der Waals surface area (Å²) >= 11 is 3.23. The molecule has 2 rings (SSSR count). The van der Waals surface area contributed by atoms with Gasteiger partial charge in [-0.3, -0.25) is 14.9 Å². The summed E-state index contributed by atoms with van der Waals surface area (Å²) in [6.45, 7) is 0. The summed E-state index contributed by atoms with van der Waals surface area (Å²) in [6, 6.07) is 4.35. The van der Waals surface area contributed by atoms with Crippen molar-refractivity contribution in [2.24, 2.45) is 0 Å². The molecule has 4 nitrogen and oxygen atoms in total. The minimum Gasteiger partial charge on any atom is -0.293 e. The molecule has 0 heterocycles. The van der Waals surface area contributed by atoms with Gasteiger partial charge in [0.2, 0.25) is 0 Å². The van der Waals surface area contributed by atoms with Crippen LogP contribution in [-0.2, 0) is 6.42 Å². The van der Waals surface area contributed by atoms with Crippen LogP contribution >= 0.6 is 15.9 Å². The third-order valence-electron chi connectivity index (χ3n) is 2.25. The van der Waals surface area contributed by atoms with Gasteiger partial charge < -0.3 is 0 Å². The average Bonchev–Trinajstić information content (AvgIpc) is 2.42. The molecule has 0 saturated carbocycles. The average molecular weight is 256 g/mol. The lowest BCUT2D eigenvalue weighted by Gasteiger charge is -1.95. The number of hydrogen-bond donors (Lipinski definition) is 0. The van der Waals surface area contributed by atoms with Crippen molar-refractivity contribution in [1.29, 1.82) is 0 Å². The summed E-state index contributed by atoms with van der Waals surface area (Å²) in [4.78, 5) is 21.3. The van der Waals surface area contributed by atoms with Gasteiger partial charge in [-0.15, -0.1) is 0 Å². The number of carbonyl (C=O) groups excluding carboxylic acids is 1. The molecule has 0 aromatic heterocycles. The number of Topliss-reactive ketones (excluding diaryl/α,β-unsaturated/α-hetero) is 1. The van der Waals surface area contributed by atoms with Crippen molar-refractivity contribution in [2.45, 2.75) is 11.2 Å². The first kappa shape index (κ1) is 9.33. The van der Waals surface area contributed by atoms with Gasteiger partial charge in [0, 0.05) is 17.7 Å². The molecule has 0 fully saturated rings. The maximum atomic E-state index is 11.5. The number of ketones is 1. The molecule has 0 saturated heterocycles. The lowest BCUT2D eigenvalue weighted by atomic mass is 10.1. The molecule has 0 bridgehead atoms. The van der Waals surface area contributed by atoms with Crippen molar-refractivity contribution in [3.8, 4) is 0 Å². The first-order valence-corrected chi connectivity index (χ1v) is 4.97. The van der Waals surface area contributed by atoms with Gasteiger partial charge in [-0.2, -0.15) is 0 Å². The van der Waals surface area contributed by atoms with Gasteiger partial charge in [0.1, 0.15) is 0 Å². The highest BCUT2D eigenvalue weighted by atomic mass is 79.9. The second-order valence-corrected chi connectivity index (χ2v) is 4.24. The highest BCUT2D eigenvalue weighted by Gasteiger charge is 2.29. The summed E-state index contributed by atoms with van der Waals surface area (Å²) in [5.74, 6) is 0.00916. The number of nitrogens with zero attached hydrogens (tertiary/aromatic N) is 1. The van der Waals surface area contributed by atoms with Crippen molar-refractivity contribution >= 4 is 27.4 Å². The van der Waals surface area contributed by atoms with E-state index >= 15 is 0 Å². The van der Waals surface area contributed by atoms with Crippen molar-refractivity contribution < 1.29 is 9.72 Å². The van der Waals surface area contributed by atoms with E-state index in [1.807, 2.05) is 0 Å². The van der Waals surface area contributed by atoms with Crippen LogP contribution in [0.5, 0.6) is 0 Å². The molecule has 1 aromatic rings. The molecular weight excluding hydrogens is 250 g/mol. The predicted molar refractivity (Wildman–Crippen MR) is 53.8 cm³/mol. The molecule has 5 heteroatoms. The number of rotatable bonds is 1. The number of nitro benzene ring substituents is 1. The Bertz CT molecular complexity index is 430. The van der Waals surface area contributed by atoms with E-state index in [2.05, 4.69) is 15.9 Å². The largest absolute Gasteiger partial charge is 0.293 e. The van der Waals surface area contributed by atoms with E-state index in [4.69, 9.17) is 0 Å². The van der Waals surface area contributed by atoms with E-state index < -0.39 is 4.92 Å². The minimum atomic E-state index is -0.452. The molecule has 1 unspecified atom stereocenters. The second-order valence-electron chi connectivity index (χ2n) is 3.13. The monoisotopic (exact) mass is 255 g/mol. The Labute approximate surface area is 88.2 Å². The van der Waals surface area contributed by atoms with Gasteiger partial charge in [0.15, 0.2) is 5.78 Å². The lowest BCUT2D eigenvalue weighted by molar-refractivity contribution is -0.384. The summed E-state index contributed by atoms with van der Waals surface area (Å²) < 4.78 is 0. The fourth-order valence-corrected chi connectivity index (χ4v) is 2.15. The molecule has 72 valence electrons. The molecule has 0 N–H and O–H groups in total. The van der Waals surface area contributed by atoms with E-state index in [1.165, 1.54) is 18.2 Å². The van der Waals surface area contributed by atoms with E-state index in [1.54, 1.807) is 0 Å². The summed E-state index contributed by atoms with van der Waals surface area (Å²) in [5.41, 5.74) is 1.39. The van der Waals surface area contributed by atoms with Gasteiger partial charge in [-0.25, -0.2) is 0 Å². The van der Waals surface area contributed by atoms with Gasteiger partial charge >= 0.3 is 0 Å². The zero-order valence-corrected chi connectivity index (χ0v) is 8.65. The first-order chi connectivity index (χ1) is 6.59. The minimum absolute atomic E-state index is 0.00916. The van der Waals surface area contributed by atoms with Crippen LogP contribution in [0.25, 0.3) is 0 Å². The van der Waals surface area contributed by atoms with Crippen LogP contribution in [0.4, 0.5) is 5.69 Å². The first-order valence-electron chi connectivity index (χ1n) is 4.05. The van der Waals surface area contributed by atoms with Gasteiger partial charge in [-0.05, 0) is 18.1 Å². The molecule has 0 radical (unpaired) electrons. The van der Waals surface area contributed by atoms with Gasteiger partial charge in [-0.1, -0.05) is 15.9 Å². The fraction of sp³-hybridized carbons (Fsp3) is 0.222. The van der Waals surface area contributed by atoms with E-state index in [9.17, 15) is 14.9 Å². The zero-order chi connectivity index (χ0) is 10.3. The number of fused-ring (bicyclic) bond motifs is 1. The van der Waals surface area contributed by atoms with Gasteiger partial charge in [0.05, 0.1) is 9.75 Å². The van der Waals surface area contributed by atoms with Crippen LogP contribution in [0.15, 0.2) is 18.2 Å². The van der Waals surface area contributed by atoms with Crippen molar-refractivity contribution in [2.75, 3.05) is 0 Å². The standard InChI is InChI=1S/C9H6BrNO3/c10-8-4-5-3-6(11(13)14)1-2-7(5)9(8)12/h1-3,8H,4H2. The number of nitro groups is 1. The molecule has 0 amide bonds. The number of non-ortho nitro benzene ring substituents is 1. The molecule has 1 aliphatic carbocycles. The van der Waals surface area contributed by atoms with Crippen LogP contribution in [0.2, 0.25) is 0 Å². The zero-order valence-electron chi connectivity index (χ0n) is 7.07.